The van der Waals surface area contributed by atoms with Gasteiger partial charge in [-0.15, -0.1) is 0 Å². The fraction of sp³-hybridized carbons (Fsp3) is 0.600. The van der Waals surface area contributed by atoms with Crippen LogP contribution in [0.2, 0.25) is 10.0 Å². The van der Waals surface area contributed by atoms with Gasteiger partial charge in [-0.3, -0.25) is 0 Å². The van der Waals surface area contributed by atoms with E-state index in [0.29, 0.717) is 22.0 Å². The van der Waals surface area contributed by atoms with Crippen LogP contribution in [0.4, 0.5) is 0 Å². The van der Waals surface area contributed by atoms with Crippen molar-refractivity contribution in [3.05, 3.63) is 33.8 Å². The molecular formula is C15H21Cl2NO. The fourth-order valence-electron chi connectivity index (χ4n) is 2.49. The number of rotatable bonds is 6. The number of ether oxygens (including phenoxy) is 1. The first kappa shape index (κ1) is 15.1. The summed E-state index contributed by atoms with van der Waals surface area (Å²) in [4.78, 5) is 0. The molecule has 4 heteroatoms. The Labute approximate surface area is 125 Å². The van der Waals surface area contributed by atoms with Gasteiger partial charge in [0, 0.05) is 19.3 Å². The molecule has 1 aromatic carbocycles. The molecule has 1 saturated heterocycles. The van der Waals surface area contributed by atoms with Crippen LogP contribution in [0.3, 0.4) is 0 Å². The van der Waals surface area contributed by atoms with Gasteiger partial charge in [0.15, 0.2) is 0 Å². The molecule has 19 heavy (non-hydrogen) atoms. The SMILES string of the molecule is CCCNC(CC1CCOC1)c1ccc(Cl)c(Cl)c1. The molecule has 0 saturated carbocycles. The first-order chi connectivity index (χ1) is 9.20. The maximum absolute atomic E-state index is 6.12. The van der Waals surface area contributed by atoms with Crippen molar-refractivity contribution in [3.8, 4) is 0 Å². The van der Waals surface area contributed by atoms with Crippen LogP contribution in [0.15, 0.2) is 18.2 Å². The van der Waals surface area contributed by atoms with Gasteiger partial charge in [-0.25, -0.2) is 0 Å². The maximum Gasteiger partial charge on any atom is 0.0595 e. The van der Waals surface area contributed by atoms with E-state index in [9.17, 15) is 0 Å². The summed E-state index contributed by atoms with van der Waals surface area (Å²) in [7, 11) is 0. The van der Waals surface area contributed by atoms with E-state index in [1.54, 1.807) is 0 Å². The van der Waals surface area contributed by atoms with Crippen LogP contribution >= 0.6 is 23.2 Å². The normalized spacial score (nSPS) is 20.7. The molecule has 2 nitrogen and oxygen atoms in total. The molecule has 2 unspecified atom stereocenters. The average molecular weight is 302 g/mol. The molecule has 2 atom stereocenters. The van der Waals surface area contributed by atoms with Crippen LogP contribution in [0.25, 0.3) is 0 Å². The maximum atomic E-state index is 6.12. The van der Waals surface area contributed by atoms with Gasteiger partial charge in [0.25, 0.3) is 0 Å². The minimum absolute atomic E-state index is 0.335. The van der Waals surface area contributed by atoms with Crippen molar-refractivity contribution in [2.24, 2.45) is 5.92 Å². The molecule has 1 fully saturated rings. The Hall–Kier alpha value is -0.280. The predicted molar refractivity (Wildman–Crippen MR) is 81.0 cm³/mol. The monoisotopic (exact) mass is 301 g/mol. The Morgan fingerprint density at radius 1 is 1.37 bits per heavy atom. The Morgan fingerprint density at radius 3 is 2.84 bits per heavy atom. The van der Waals surface area contributed by atoms with Gasteiger partial charge in [-0.1, -0.05) is 36.2 Å². The number of hydrogen-bond acceptors (Lipinski definition) is 2. The molecule has 0 aromatic heterocycles. The van der Waals surface area contributed by atoms with Crippen molar-refractivity contribution in [1.82, 2.24) is 5.32 Å². The zero-order chi connectivity index (χ0) is 13.7. The highest BCUT2D eigenvalue weighted by molar-refractivity contribution is 6.42. The Bertz CT molecular complexity index is 405. The molecule has 1 aliphatic rings. The molecule has 0 bridgehead atoms. The van der Waals surface area contributed by atoms with Gasteiger partial charge in [-0.2, -0.15) is 0 Å². The topological polar surface area (TPSA) is 21.3 Å². The third-order valence-electron chi connectivity index (χ3n) is 3.58. The van der Waals surface area contributed by atoms with Gasteiger partial charge in [0.05, 0.1) is 10.0 Å². The van der Waals surface area contributed by atoms with Crippen molar-refractivity contribution < 1.29 is 4.74 Å². The van der Waals surface area contributed by atoms with Gasteiger partial charge < -0.3 is 10.1 Å². The first-order valence-electron chi connectivity index (χ1n) is 6.96. The number of hydrogen-bond donors (Lipinski definition) is 1. The summed E-state index contributed by atoms with van der Waals surface area (Å²) in [5.74, 6) is 0.642. The fourth-order valence-corrected chi connectivity index (χ4v) is 2.79. The zero-order valence-corrected chi connectivity index (χ0v) is 12.8. The van der Waals surface area contributed by atoms with Gasteiger partial charge in [-0.05, 0) is 49.4 Å². The third-order valence-corrected chi connectivity index (χ3v) is 4.32. The highest BCUT2D eigenvalue weighted by atomic mass is 35.5. The van der Waals surface area contributed by atoms with E-state index >= 15 is 0 Å². The van der Waals surface area contributed by atoms with Crippen LogP contribution in [-0.4, -0.2) is 19.8 Å². The van der Waals surface area contributed by atoms with Crippen LogP contribution < -0.4 is 5.32 Å². The Morgan fingerprint density at radius 2 is 2.21 bits per heavy atom. The minimum Gasteiger partial charge on any atom is -0.381 e. The summed E-state index contributed by atoms with van der Waals surface area (Å²) in [6.07, 6.45) is 3.38. The van der Waals surface area contributed by atoms with Crippen LogP contribution in [0.1, 0.15) is 37.8 Å². The number of halogens is 2. The lowest BCUT2D eigenvalue weighted by Crippen LogP contribution is -2.24. The number of nitrogens with one attached hydrogen (secondary N) is 1. The zero-order valence-electron chi connectivity index (χ0n) is 11.3. The summed E-state index contributed by atoms with van der Waals surface area (Å²) in [6, 6.07) is 6.26. The highest BCUT2D eigenvalue weighted by Crippen LogP contribution is 2.30. The third kappa shape index (κ3) is 4.35. The number of benzene rings is 1. The van der Waals surface area contributed by atoms with Crippen molar-refractivity contribution in [3.63, 3.8) is 0 Å². The predicted octanol–water partition coefficient (Wildman–Crippen LogP) is 4.46. The summed E-state index contributed by atoms with van der Waals surface area (Å²) in [5, 5.41) is 4.85. The van der Waals surface area contributed by atoms with E-state index in [4.69, 9.17) is 27.9 Å². The van der Waals surface area contributed by atoms with E-state index in [2.05, 4.69) is 18.3 Å². The minimum atomic E-state index is 0.335. The highest BCUT2D eigenvalue weighted by Gasteiger charge is 2.21. The van der Waals surface area contributed by atoms with Crippen molar-refractivity contribution in [2.45, 2.75) is 32.2 Å². The van der Waals surface area contributed by atoms with E-state index in [1.165, 1.54) is 5.56 Å². The molecule has 1 aromatic rings. The average Bonchev–Trinajstić information content (AvgIpc) is 2.91. The molecule has 2 rings (SSSR count). The summed E-state index contributed by atoms with van der Waals surface area (Å²) >= 11 is 12.1. The molecular weight excluding hydrogens is 281 g/mol. The van der Waals surface area contributed by atoms with E-state index in [-0.39, 0.29) is 0 Å². The summed E-state index contributed by atoms with van der Waals surface area (Å²) in [6.45, 7) is 4.97. The molecule has 0 amide bonds. The standard InChI is InChI=1S/C15H21Cl2NO/c1-2-6-18-15(8-11-5-7-19-10-11)12-3-4-13(16)14(17)9-12/h3-4,9,11,15,18H,2,5-8,10H2,1H3. The van der Waals surface area contributed by atoms with Crippen molar-refractivity contribution in [1.29, 1.82) is 0 Å². The van der Waals surface area contributed by atoms with Gasteiger partial charge in [0.2, 0.25) is 0 Å². The quantitative estimate of drug-likeness (QED) is 0.837. The van der Waals surface area contributed by atoms with Crippen LogP contribution in [-0.2, 0) is 4.74 Å². The molecule has 0 spiro atoms. The lowest BCUT2D eigenvalue weighted by Gasteiger charge is -2.22. The first-order valence-corrected chi connectivity index (χ1v) is 7.72. The van der Waals surface area contributed by atoms with E-state index in [0.717, 1.165) is 39.0 Å². The molecule has 1 aliphatic heterocycles. The summed E-state index contributed by atoms with van der Waals surface area (Å²) < 4.78 is 5.47. The Balaban J connectivity index is 2.08. The second-order valence-corrected chi connectivity index (χ2v) is 5.96. The van der Waals surface area contributed by atoms with E-state index in [1.807, 2.05) is 12.1 Å². The summed E-state index contributed by atoms with van der Waals surface area (Å²) in [5.41, 5.74) is 1.22. The molecule has 1 N–H and O–H groups in total. The van der Waals surface area contributed by atoms with Crippen LogP contribution in [0.5, 0.6) is 0 Å². The van der Waals surface area contributed by atoms with Crippen molar-refractivity contribution in [2.75, 3.05) is 19.8 Å². The van der Waals surface area contributed by atoms with Crippen molar-refractivity contribution >= 4 is 23.2 Å². The smallest absolute Gasteiger partial charge is 0.0595 e. The molecule has 106 valence electrons. The molecule has 0 radical (unpaired) electrons. The largest absolute Gasteiger partial charge is 0.381 e. The molecule has 0 aliphatic carbocycles. The molecule has 1 heterocycles. The van der Waals surface area contributed by atoms with Gasteiger partial charge in [0.1, 0.15) is 0 Å². The lowest BCUT2D eigenvalue weighted by atomic mass is 9.94. The second-order valence-electron chi connectivity index (χ2n) is 5.15. The van der Waals surface area contributed by atoms with E-state index < -0.39 is 0 Å². The van der Waals surface area contributed by atoms with Crippen LogP contribution in [0, 0.1) is 5.92 Å². The second kappa shape index (κ2) is 7.49. The van der Waals surface area contributed by atoms with Gasteiger partial charge >= 0.3 is 0 Å². The Kier molecular flexibility index (Phi) is 5.96. The lowest BCUT2D eigenvalue weighted by molar-refractivity contribution is 0.181.